The van der Waals surface area contributed by atoms with Crippen LogP contribution in [0.1, 0.15) is 57.4 Å². The SMILES string of the molecule is CCCCCCC(C)c1cc(OC)ccc1O. The Morgan fingerprint density at radius 3 is 2.65 bits per heavy atom. The zero-order valence-electron chi connectivity index (χ0n) is 11.2. The Hall–Kier alpha value is -1.18. The first kappa shape index (κ1) is 13.9. The molecule has 17 heavy (non-hydrogen) atoms. The summed E-state index contributed by atoms with van der Waals surface area (Å²) in [4.78, 5) is 0. The topological polar surface area (TPSA) is 29.5 Å². The Morgan fingerprint density at radius 2 is 2.00 bits per heavy atom. The van der Waals surface area contributed by atoms with Crippen LogP contribution < -0.4 is 4.74 Å². The number of hydrogen-bond donors (Lipinski definition) is 1. The Bertz CT molecular complexity index is 334. The van der Waals surface area contributed by atoms with Crippen LogP contribution in [0.3, 0.4) is 0 Å². The summed E-state index contributed by atoms with van der Waals surface area (Å²) in [6.07, 6.45) is 6.20. The van der Waals surface area contributed by atoms with Crippen molar-refractivity contribution in [2.75, 3.05) is 7.11 Å². The molecule has 0 spiro atoms. The van der Waals surface area contributed by atoms with Gasteiger partial charge in [-0.15, -0.1) is 0 Å². The summed E-state index contributed by atoms with van der Waals surface area (Å²) < 4.78 is 5.19. The van der Waals surface area contributed by atoms with E-state index in [2.05, 4.69) is 13.8 Å². The van der Waals surface area contributed by atoms with Crippen molar-refractivity contribution in [2.24, 2.45) is 0 Å². The van der Waals surface area contributed by atoms with Gasteiger partial charge in [-0.2, -0.15) is 0 Å². The molecule has 0 fully saturated rings. The van der Waals surface area contributed by atoms with E-state index >= 15 is 0 Å². The number of benzene rings is 1. The summed E-state index contributed by atoms with van der Waals surface area (Å²) in [6.45, 7) is 4.39. The molecule has 1 atom stereocenters. The van der Waals surface area contributed by atoms with E-state index in [9.17, 15) is 5.11 Å². The van der Waals surface area contributed by atoms with Crippen molar-refractivity contribution in [3.05, 3.63) is 23.8 Å². The quantitative estimate of drug-likeness (QED) is 0.707. The summed E-state index contributed by atoms with van der Waals surface area (Å²) in [5.41, 5.74) is 1.00. The van der Waals surface area contributed by atoms with Gasteiger partial charge in [0.05, 0.1) is 7.11 Å². The first-order valence-electron chi connectivity index (χ1n) is 6.56. The third kappa shape index (κ3) is 4.29. The normalized spacial score (nSPS) is 12.4. The van der Waals surface area contributed by atoms with Crippen LogP contribution in [0.25, 0.3) is 0 Å². The molecule has 2 nitrogen and oxygen atoms in total. The van der Waals surface area contributed by atoms with E-state index in [1.165, 1.54) is 25.7 Å². The molecule has 1 aromatic carbocycles. The van der Waals surface area contributed by atoms with Gasteiger partial charge in [0.2, 0.25) is 0 Å². The van der Waals surface area contributed by atoms with E-state index in [0.717, 1.165) is 17.7 Å². The van der Waals surface area contributed by atoms with E-state index in [1.54, 1.807) is 19.2 Å². The Morgan fingerprint density at radius 1 is 1.24 bits per heavy atom. The number of methoxy groups -OCH3 is 1. The average molecular weight is 236 g/mol. The summed E-state index contributed by atoms with van der Waals surface area (Å²) >= 11 is 0. The first-order valence-corrected chi connectivity index (χ1v) is 6.56. The molecule has 2 heteroatoms. The molecule has 96 valence electrons. The third-order valence-electron chi connectivity index (χ3n) is 3.26. The molecule has 0 saturated carbocycles. The number of aromatic hydroxyl groups is 1. The van der Waals surface area contributed by atoms with Gasteiger partial charge >= 0.3 is 0 Å². The summed E-state index contributed by atoms with van der Waals surface area (Å²) in [6, 6.07) is 5.46. The van der Waals surface area contributed by atoms with Crippen molar-refractivity contribution in [1.29, 1.82) is 0 Å². The average Bonchev–Trinajstić information content (AvgIpc) is 2.35. The van der Waals surface area contributed by atoms with Crippen LogP contribution >= 0.6 is 0 Å². The fourth-order valence-corrected chi connectivity index (χ4v) is 2.09. The molecule has 0 radical (unpaired) electrons. The fraction of sp³-hybridized carbons (Fsp3) is 0.600. The van der Waals surface area contributed by atoms with E-state index in [4.69, 9.17) is 4.74 Å². The monoisotopic (exact) mass is 236 g/mol. The van der Waals surface area contributed by atoms with Gasteiger partial charge in [-0.05, 0) is 30.5 Å². The van der Waals surface area contributed by atoms with Gasteiger partial charge in [-0.1, -0.05) is 39.5 Å². The molecule has 1 aromatic rings. The third-order valence-corrected chi connectivity index (χ3v) is 3.26. The molecule has 0 aliphatic rings. The molecule has 0 aliphatic carbocycles. The van der Waals surface area contributed by atoms with Crippen molar-refractivity contribution < 1.29 is 9.84 Å². The maximum Gasteiger partial charge on any atom is 0.119 e. The Balaban J connectivity index is 2.57. The molecule has 0 bridgehead atoms. The fourth-order valence-electron chi connectivity index (χ4n) is 2.09. The number of phenolic OH excluding ortho intramolecular Hbond substituents is 1. The number of hydrogen-bond acceptors (Lipinski definition) is 2. The van der Waals surface area contributed by atoms with Gasteiger partial charge < -0.3 is 9.84 Å². The minimum absolute atomic E-state index is 0.383. The van der Waals surface area contributed by atoms with Crippen LogP contribution in [0.2, 0.25) is 0 Å². The van der Waals surface area contributed by atoms with Crippen LogP contribution in [0.15, 0.2) is 18.2 Å². The Labute approximate surface area is 105 Å². The summed E-state index contributed by atoms with van der Waals surface area (Å²) in [5, 5.41) is 9.85. The predicted octanol–water partition coefficient (Wildman–Crippen LogP) is 4.47. The van der Waals surface area contributed by atoms with Crippen LogP contribution in [0, 0.1) is 0 Å². The van der Waals surface area contributed by atoms with E-state index in [-0.39, 0.29) is 0 Å². The molecular weight excluding hydrogens is 212 g/mol. The highest BCUT2D eigenvalue weighted by molar-refractivity contribution is 5.41. The summed E-state index contributed by atoms with van der Waals surface area (Å²) in [7, 11) is 1.65. The van der Waals surface area contributed by atoms with Gasteiger partial charge in [0, 0.05) is 5.56 Å². The molecule has 0 aromatic heterocycles. The van der Waals surface area contributed by atoms with Crippen molar-refractivity contribution >= 4 is 0 Å². The second kappa shape index (κ2) is 7.21. The molecular formula is C15H24O2. The molecule has 1 unspecified atom stereocenters. The lowest BCUT2D eigenvalue weighted by atomic mass is 9.94. The van der Waals surface area contributed by atoms with Gasteiger partial charge in [0.1, 0.15) is 11.5 Å². The second-order valence-electron chi connectivity index (χ2n) is 4.68. The van der Waals surface area contributed by atoms with Gasteiger partial charge in [-0.3, -0.25) is 0 Å². The molecule has 0 amide bonds. The van der Waals surface area contributed by atoms with Gasteiger partial charge in [0.25, 0.3) is 0 Å². The molecule has 1 rings (SSSR count). The summed E-state index contributed by atoms with van der Waals surface area (Å²) in [5.74, 6) is 1.59. The minimum Gasteiger partial charge on any atom is -0.508 e. The number of ether oxygens (including phenoxy) is 1. The number of rotatable bonds is 7. The van der Waals surface area contributed by atoms with E-state index < -0.39 is 0 Å². The molecule has 0 aliphatic heterocycles. The van der Waals surface area contributed by atoms with E-state index in [0.29, 0.717) is 11.7 Å². The largest absolute Gasteiger partial charge is 0.508 e. The maximum atomic E-state index is 9.85. The maximum absolute atomic E-state index is 9.85. The highest BCUT2D eigenvalue weighted by Crippen LogP contribution is 2.32. The molecule has 0 heterocycles. The zero-order valence-corrected chi connectivity index (χ0v) is 11.2. The van der Waals surface area contributed by atoms with Crippen molar-refractivity contribution in [3.63, 3.8) is 0 Å². The minimum atomic E-state index is 0.383. The van der Waals surface area contributed by atoms with Gasteiger partial charge in [-0.25, -0.2) is 0 Å². The number of unbranched alkanes of at least 4 members (excludes halogenated alkanes) is 3. The smallest absolute Gasteiger partial charge is 0.119 e. The van der Waals surface area contributed by atoms with Crippen LogP contribution in [-0.4, -0.2) is 12.2 Å². The zero-order chi connectivity index (χ0) is 12.7. The highest BCUT2D eigenvalue weighted by atomic mass is 16.5. The highest BCUT2D eigenvalue weighted by Gasteiger charge is 2.11. The Kier molecular flexibility index (Phi) is 5.88. The van der Waals surface area contributed by atoms with Gasteiger partial charge in [0.15, 0.2) is 0 Å². The van der Waals surface area contributed by atoms with Crippen molar-refractivity contribution in [1.82, 2.24) is 0 Å². The van der Waals surface area contributed by atoms with Crippen molar-refractivity contribution in [2.45, 2.75) is 51.9 Å². The van der Waals surface area contributed by atoms with Crippen LogP contribution in [-0.2, 0) is 0 Å². The lowest BCUT2D eigenvalue weighted by Crippen LogP contribution is -1.95. The molecule has 0 saturated heterocycles. The first-order chi connectivity index (χ1) is 8.19. The van der Waals surface area contributed by atoms with E-state index in [1.807, 2.05) is 6.07 Å². The number of phenols is 1. The lowest BCUT2D eigenvalue weighted by molar-refractivity contribution is 0.408. The van der Waals surface area contributed by atoms with Crippen molar-refractivity contribution in [3.8, 4) is 11.5 Å². The molecule has 1 N–H and O–H groups in total. The lowest BCUT2D eigenvalue weighted by Gasteiger charge is -2.14. The predicted molar refractivity (Wildman–Crippen MR) is 71.8 cm³/mol. The van der Waals surface area contributed by atoms with Crippen LogP contribution in [0.5, 0.6) is 11.5 Å². The van der Waals surface area contributed by atoms with Crippen LogP contribution in [0.4, 0.5) is 0 Å². The standard InChI is InChI=1S/C15H24O2/c1-4-5-6-7-8-12(2)14-11-13(17-3)9-10-15(14)16/h9-12,16H,4-8H2,1-3H3. The second-order valence-corrected chi connectivity index (χ2v) is 4.68.